The van der Waals surface area contributed by atoms with Gasteiger partial charge in [0.2, 0.25) is 5.91 Å². The molecule has 3 fully saturated rings. The van der Waals surface area contributed by atoms with Crippen LogP contribution in [0.2, 0.25) is 0 Å². The maximum atomic E-state index is 12.1. The largest absolute Gasteiger partial charge is 0.490 e. The molecule has 30 heavy (non-hydrogen) atoms. The van der Waals surface area contributed by atoms with Gasteiger partial charge in [-0.25, -0.2) is 4.79 Å². The first-order valence-electron chi connectivity index (χ1n) is 10.1. The summed E-state index contributed by atoms with van der Waals surface area (Å²) in [5, 5.41) is 7.12. The lowest BCUT2D eigenvalue weighted by atomic mass is 9.92. The Balaban J connectivity index is 0.000000396. The second kappa shape index (κ2) is 11.0. The zero-order valence-electron chi connectivity index (χ0n) is 17.4. The van der Waals surface area contributed by atoms with Crippen LogP contribution in [0.1, 0.15) is 25.7 Å². The Labute approximate surface area is 179 Å². The molecule has 3 rings (SSSR count). The van der Waals surface area contributed by atoms with E-state index < -0.39 is 12.1 Å². The van der Waals surface area contributed by atoms with Crippen molar-refractivity contribution in [1.29, 1.82) is 0 Å². The quantitative estimate of drug-likeness (QED) is 0.656. The van der Waals surface area contributed by atoms with Gasteiger partial charge in [-0.3, -0.25) is 4.79 Å². The van der Waals surface area contributed by atoms with Gasteiger partial charge < -0.3 is 24.4 Å². The number of likely N-dealkylation sites (tertiary alicyclic amines) is 1. The fourth-order valence-corrected chi connectivity index (χ4v) is 5.17. The molecular weight excluding hydrogens is 425 g/mol. The van der Waals surface area contributed by atoms with Crippen LogP contribution in [0.5, 0.6) is 0 Å². The summed E-state index contributed by atoms with van der Waals surface area (Å²) < 4.78 is 43.6. The molecule has 3 heterocycles. The lowest BCUT2D eigenvalue weighted by Crippen LogP contribution is -2.61. The molecule has 11 heteroatoms. The summed E-state index contributed by atoms with van der Waals surface area (Å²) in [7, 11) is 4.02. The van der Waals surface area contributed by atoms with Crippen LogP contribution in [0.4, 0.5) is 13.2 Å². The predicted molar refractivity (Wildman–Crippen MR) is 107 cm³/mol. The lowest BCUT2D eigenvalue weighted by Gasteiger charge is -2.47. The fraction of sp³-hybridized carbons (Fsp3) is 0.895. The summed E-state index contributed by atoms with van der Waals surface area (Å²) >= 11 is 2.02. The van der Waals surface area contributed by atoms with Gasteiger partial charge in [0.25, 0.3) is 0 Å². The molecule has 1 N–H and O–H groups in total. The van der Waals surface area contributed by atoms with Crippen molar-refractivity contribution in [2.45, 2.75) is 42.7 Å². The van der Waals surface area contributed by atoms with Crippen molar-refractivity contribution in [2.75, 3.05) is 59.3 Å². The van der Waals surface area contributed by atoms with E-state index >= 15 is 0 Å². The minimum atomic E-state index is -5.08. The fourth-order valence-electron chi connectivity index (χ4n) is 3.62. The molecule has 3 aliphatic heterocycles. The highest BCUT2D eigenvalue weighted by Crippen LogP contribution is 2.46. The molecule has 0 aliphatic carbocycles. The van der Waals surface area contributed by atoms with Gasteiger partial charge in [0.15, 0.2) is 0 Å². The average Bonchev–Trinajstić information content (AvgIpc) is 3.08. The topological polar surface area (TPSA) is 79.3 Å². The Kier molecular flexibility index (Phi) is 9.26. The maximum absolute atomic E-state index is 12.1. The Morgan fingerprint density at radius 3 is 2.40 bits per heavy atom. The molecule has 1 amide bonds. The van der Waals surface area contributed by atoms with Crippen LogP contribution in [0.25, 0.3) is 0 Å². The van der Waals surface area contributed by atoms with E-state index in [1.165, 1.54) is 0 Å². The van der Waals surface area contributed by atoms with Gasteiger partial charge in [-0.05, 0) is 39.3 Å². The third kappa shape index (κ3) is 7.90. The van der Waals surface area contributed by atoms with Crippen LogP contribution in [0.15, 0.2) is 0 Å². The first kappa shape index (κ1) is 25.2. The molecule has 1 unspecified atom stereocenters. The highest BCUT2D eigenvalue weighted by molar-refractivity contribution is 8.01. The van der Waals surface area contributed by atoms with Crippen molar-refractivity contribution in [3.8, 4) is 0 Å². The number of carbonyl (C=O) groups is 2. The number of thioether (sulfide) groups is 1. The molecule has 7 nitrogen and oxygen atoms in total. The highest BCUT2D eigenvalue weighted by Gasteiger charge is 2.50. The number of halogens is 3. The van der Waals surface area contributed by atoms with Gasteiger partial charge in [0, 0.05) is 51.6 Å². The number of rotatable bonds is 6. The van der Waals surface area contributed by atoms with Gasteiger partial charge in [-0.2, -0.15) is 13.2 Å². The van der Waals surface area contributed by atoms with E-state index in [1.807, 2.05) is 30.8 Å². The van der Waals surface area contributed by atoms with E-state index in [4.69, 9.17) is 19.4 Å². The minimum absolute atomic E-state index is 0.286. The van der Waals surface area contributed by atoms with Gasteiger partial charge in [-0.15, -0.1) is 11.8 Å². The second-order valence-corrected chi connectivity index (χ2v) is 9.80. The van der Waals surface area contributed by atoms with Crippen LogP contribution in [-0.2, 0) is 19.1 Å². The third-order valence-corrected chi connectivity index (χ3v) is 6.99. The maximum Gasteiger partial charge on any atom is 0.490 e. The molecular formula is C19H31F3N2O5S. The molecule has 174 valence electrons. The van der Waals surface area contributed by atoms with Gasteiger partial charge in [0.1, 0.15) is 0 Å². The summed E-state index contributed by atoms with van der Waals surface area (Å²) in [6.45, 7) is 5.34. The number of ether oxygens (including phenoxy) is 2. The summed E-state index contributed by atoms with van der Waals surface area (Å²) in [6.07, 6.45) is -0.685. The number of nitrogens with zero attached hydrogens (tertiary/aromatic N) is 2. The predicted octanol–water partition coefficient (Wildman–Crippen LogP) is 2.10. The Morgan fingerprint density at radius 1 is 1.27 bits per heavy atom. The number of hydrogen-bond donors (Lipinski definition) is 1. The highest BCUT2D eigenvalue weighted by atomic mass is 32.2. The van der Waals surface area contributed by atoms with Crippen molar-refractivity contribution in [3.63, 3.8) is 0 Å². The van der Waals surface area contributed by atoms with Gasteiger partial charge >= 0.3 is 12.1 Å². The number of alkyl halides is 3. The SMILES string of the molecule is CN(C)CCC(=O)N1CC2(CC(OCC3CCOCC3)CS2)C1.O=C(O)C(F)(F)F. The van der Waals surface area contributed by atoms with E-state index in [0.717, 1.165) is 64.5 Å². The van der Waals surface area contributed by atoms with Crippen molar-refractivity contribution < 1.29 is 37.3 Å². The first-order chi connectivity index (χ1) is 14.0. The molecule has 1 spiro atoms. The van der Waals surface area contributed by atoms with Crippen molar-refractivity contribution in [1.82, 2.24) is 9.80 Å². The lowest BCUT2D eigenvalue weighted by molar-refractivity contribution is -0.192. The van der Waals surface area contributed by atoms with E-state index in [2.05, 4.69) is 4.90 Å². The molecule has 0 aromatic rings. The zero-order chi connectivity index (χ0) is 22.4. The summed E-state index contributed by atoms with van der Waals surface area (Å²) in [6, 6.07) is 0. The Hall–Kier alpha value is -1.04. The molecule has 0 saturated carbocycles. The minimum Gasteiger partial charge on any atom is -0.475 e. The van der Waals surface area contributed by atoms with E-state index in [1.54, 1.807) is 0 Å². The monoisotopic (exact) mass is 456 g/mol. The molecule has 3 saturated heterocycles. The smallest absolute Gasteiger partial charge is 0.475 e. The van der Waals surface area contributed by atoms with E-state index in [0.29, 0.717) is 24.3 Å². The number of carbonyl (C=O) groups excluding carboxylic acids is 1. The van der Waals surface area contributed by atoms with Gasteiger partial charge in [0.05, 0.1) is 10.9 Å². The van der Waals surface area contributed by atoms with Crippen LogP contribution >= 0.6 is 11.8 Å². The van der Waals surface area contributed by atoms with E-state index in [-0.39, 0.29) is 4.75 Å². The molecule has 3 aliphatic rings. The van der Waals surface area contributed by atoms with Crippen molar-refractivity contribution in [3.05, 3.63) is 0 Å². The Bertz CT molecular complexity index is 579. The molecule has 0 aromatic carbocycles. The zero-order valence-corrected chi connectivity index (χ0v) is 18.3. The summed E-state index contributed by atoms with van der Waals surface area (Å²) in [4.78, 5) is 25.1. The van der Waals surface area contributed by atoms with Crippen LogP contribution in [-0.4, -0.2) is 103 Å². The summed E-state index contributed by atoms with van der Waals surface area (Å²) in [5.74, 6) is -0.692. The van der Waals surface area contributed by atoms with Crippen LogP contribution in [0.3, 0.4) is 0 Å². The van der Waals surface area contributed by atoms with E-state index in [9.17, 15) is 18.0 Å². The molecule has 0 radical (unpaired) electrons. The Morgan fingerprint density at radius 2 is 1.87 bits per heavy atom. The normalized spacial score (nSPS) is 23.8. The number of aliphatic carboxylic acids is 1. The molecule has 0 aromatic heterocycles. The number of hydrogen-bond acceptors (Lipinski definition) is 6. The standard InChI is InChI=1S/C17H30N2O3S.C2HF3O2/c1-18(2)6-3-16(20)19-12-17(13-19)9-15(11-23-17)22-10-14-4-7-21-8-5-14;3-2(4,5)1(6)7/h14-15H,3-13H2,1-2H3;(H,6,7). The number of carboxylic acid groups (broad SMARTS) is 1. The van der Waals surface area contributed by atoms with Gasteiger partial charge in [-0.1, -0.05) is 0 Å². The summed E-state index contributed by atoms with van der Waals surface area (Å²) in [5.41, 5.74) is 0. The first-order valence-corrected chi connectivity index (χ1v) is 11.1. The van der Waals surface area contributed by atoms with Crippen LogP contribution in [0, 0.1) is 5.92 Å². The van der Waals surface area contributed by atoms with Crippen molar-refractivity contribution >= 4 is 23.6 Å². The van der Waals surface area contributed by atoms with Crippen molar-refractivity contribution in [2.24, 2.45) is 5.92 Å². The second-order valence-electron chi connectivity index (χ2n) is 8.32. The average molecular weight is 457 g/mol. The van der Waals surface area contributed by atoms with Crippen LogP contribution < -0.4 is 0 Å². The molecule has 1 atom stereocenters. The third-order valence-electron chi connectivity index (χ3n) is 5.41. The number of amides is 1. The number of carboxylic acids is 1. The molecule has 0 bridgehead atoms.